The number of pyridine rings is 1. The third-order valence-corrected chi connectivity index (χ3v) is 3.37. The van der Waals surface area contributed by atoms with E-state index in [4.69, 9.17) is 0 Å². The van der Waals surface area contributed by atoms with E-state index >= 15 is 0 Å². The molecule has 2 N–H and O–H groups in total. The van der Waals surface area contributed by atoms with Crippen molar-refractivity contribution < 1.29 is 14.6 Å². The molecule has 2 rings (SSSR count). The highest BCUT2D eigenvalue weighted by Gasteiger charge is 2.22. The minimum Gasteiger partial charge on any atom is -0.506 e. The Morgan fingerprint density at radius 1 is 1.29 bits per heavy atom. The predicted octanol–water partition coefficient (Wildman–Crippen LogP) is 2.40. The van der Waals surface area contributed by atoms with E-state index < -0.39 is 11.5 Å². The van der Waals surface area contributed by atoms with Crippen molar-refractivity contribution >= 4 is 5.97 Å². The number of methoxy groups -OCH3 is 1. The topological polar surface area (TPSA) is 79.4 Å². The number of aryl methyl sites for hydroxylation is 1. The van der Waals surface area contributed by atoms with Crippen LogP contribution in [0.2, 0.25) is 0 Å². The maximum atomic E-state index is 12.1. The average molecular weight is 287 g/mol. The molecule has 0 radical (unpaired) electrons. The molecular formula is C16H17NO4. The van der Waals surface area contributed by atoms with Gasteiger partial charge >= 0.3 is 5.97 Å². The normalized spacial score (nSPS) is 10.4. The predicted molar refractivity (Wildman–Crippen MR) is 79.6 cm³/mol. The van der Waals surface area contributed by atoms with Crippen LogP contribution >= 0.6 is 0 Å². The lowest BCUT2D eigenvalue weighted by Gasteiger charge is -2.12. The van der Waals surface area contributed by atoms with Crippen molar-refractivity contribution in [2.75, 3.05) is 7.11 Å². The van der Waals surface area contributed by atoms with Crippen LogP contribution in [-0.2, 0) is 11.2 Å². The molecule has 1 aromatic heterocycles. The summed E-state index contributed by atoms with van der Waals surface area (Å²) in [6.07, 6.45) is 0.468. The van der Waals surface area contributed by atoms with E-state index in [0.29, 0.717) is 17.7 Å². The monoisotopic (exact) mass is 287 g/mol. The van der Waals surface area contributed by atoms with Crippen molar-refractivity contribution in [1.29, 1.82) is 0 Å². The van der Waals surface area contributed by atoms with Gasteiger partial charge in [-0.3, -0.25) is 4.79 Å². The first-order chi connectivity index (χ1) is 9.99. The number of benzene rings is 1. The summed E-state index contributed by atoms with van der Waals surface area (Å²) < 4.78 is 4.54. The van der Waals surface area contributed by atoms with Crippen LogP contribution in [0.25, 0.3) is 11.3 Å². The quantitative estimate of drug-likeness (QED) is 0.850. The lowest BCUT2D eigenvalue weighted by molar-refractivity contribution is 0.0595. The zero-order valence-corrected chi connectivity index (χ0v) is 12.2. The number of aromatic nitrogens is 1. The van der Waals surface area contributed by atoms with Crippen LogP contribution in [0.5, 0.6) is 5.75 Å². The number of aromatic hydroxyl groups is 1. The Hall–Kier alpha value is -2.56. The fourth-order valence-corrected chi connectivity index (χ4v) is 2.23. The third kappa shape index (κ3) is 2.67. The van der Waals surface area contributed by atoms with E-state index in [-0.39, 0.29) is 11.3 Å². The van der Waals surface area contributed by atoms with Gasteiger partial charge < -0.3 is 14.8 Å². The first-order valence-electron chi connectivity index (χ1n) is 6.63. The number of carbonyl (C=O) groups excluding carboxylic acids is 1. The summed E-state index contributed by atoms with van der Waals surface area (Å²) in [5.41, 5.74) is 1.89. The molecule has 0 atom stereocenters. The third-order valence-electron chi connectivity index (χ3n) is 3.37. The molecule has 0 aliphatic carbocycles. The van der Waals surface area contributed by atoms with Crippen molar-refractivity contribution in [3.63, 3.8) is 0 Å². The summed E-state index contributed by atoms with van der Waals surface area (Å²) in [6, 6.07) is 7.55. The van der Waals surface area contributed by atoms with Gasteiger partial charge in [0, 0.05) is 5.56 Å². The summed E-state index contributed by atoms with van der Waals surface area (Å²) >= 11 is 0. The second-order valence-corrected chi connectivity index (χ2v) is 4.74. The number of rotatable bonds is 3. The Bertz CT molecular complexity index is 729. The fraction of sp³-hybridized carbons (Fsp3) is 0.250. The van der Waals surface area contributed by atoms with E-state index in [1.54, 1.807) is 0 Å². The van der Waals surface area contributed by atoms with Crippen molar-refractivity contribution in [3.05, 3.63) is 51.3 Å². The van der Waals surface area contributed by atoms with Gasteiger partial charge in [-0.1, -0.05) is 36.8 Å². The molecule has 0 amide bonds. The Morgan fingerprint density at radius 3 is 2.43 bits per heavy atom. The molecule has 0 unspecified atom stereocenters. The number of carbonyl (C=O) groups is 1. The van der Waals surface area contributed by atoms with Gasteiger partial charge in [0.1, 0.15) is 5.75 Å². The maximum absolute atomic E-state index is 12.1. The van der Waals surface area contributed by atoms with Gasteiger partial charge in [-0.05, 0) is 18.9 Å². The Labute approximate surface area is 122 Å². The maximum Gasteiger partial charge on any atom is 0.347 e. The van der Waals surface area contributed by atoms with Crippen molar-refractivity contribution in [2.45, 2.75) is 20.3 Å². The van der Waals surface area contributed by atoms with Crippen LogP contribution in [-0.4, -0.2) is 23.2 Å². The molecule has 5 nitrogen and oxygen atoms in total. The first kappa shape index (κ1) is 14.8. The molecule has 5 heteroatoms. The van der Waals surface area contributed by atoms with E-state index in [0.717, 1.165) is 11.1 Å². The number of esters is 1. The second-order valence-electron chi connectivity index (χ2n) is 4.74. The number of hydrogen-bond donors (Lipinski definition) is 2. The minimum absolute atomic E-state index is 0.316. The number of aromatic amines is 1. The number of ether oxygens (including phenoxy) is 1. The van der Waals surface area contributed by atoms with E-state index in [1.165, 1.54) is 7.11 Å². The van der Waals surface area contributed by atoms with Crippen molar-refractivity contribution in [2.24, 2.45) is 0 Å². The van der Waals surface area contributed by atoms with Gasteiger partial charge in [0.2, 0.25) is 0 Å². The molecule has 110 valence electrons. The van der Waals surface area contributed by atoms with Crippen molar-refractivity contribution in [3.8, 4) is 17.0 Å². The molecular weight excluding hydrogens is 270 g/mol. The van der Waals surface area contributed by atoms with Crippen LogP contribution in [0.1, 0.15) is 28.4 Å². The highest BCUT2D eigenvalue weighted by molar-refractivity contribution is 5.93. The van der Waals surface area contributed by atoms with Crippen LogP contribution in [0, 0.1) is 6.92 Å². The SMILES string of the molecule is CCc1c(-c2ccc(C)cc2)[nH]c(=O)c(C(=O)OC)c1O. The summed E-state index contributed by atoms with van der Waals surface area (Å²) in [7, 11) is 1.17. The van der Waals surface area contributed by atoms with Gasteiger partial charge in [0.05, 0.1) is 12.8 Å². The van der Waals surface area contributed by atoms with Crippen LogP contribution < -0.4 is 5.56 Å². The molecule has 1 heterocycles. The number of H-pyrrole nitrogens is 1. The van der Waals surface area contributed by atoms with E-state index in [9.17, 15) is 14.7 Å². The van der Waals surface area contributed by atoms with Crippen LogP contribution in [0.4, 0.5) is 0 Å². The van der Waals surface area contributed by atoms with E-state index in [2.05, 4.69) is 9.72 Å². The fourth-order valence-electron chi connectivity index (χ4n) is 2.23. The van der Waals surface area contributed by atoms with Gasteiger partial charge in [-0.2, -0.15) is 0 Å². The summed E-state index contributed by atoms with van der Waals surface area (Å²) in [5, 5.41) is 10.2. The molecule has 0 saturated heterocycles. The minimum atomic E-state index is -0.848. The zero-order chi connectivity index (χ0) is 15.6. The molecule has 0 aliphatic rings. The molecule has 0 fully saturated rings. The lowest BCUT2D eigenvalue weighted by Crippen LogP contribution is -2.21. The Balaban J connectivity index is 2.71. The molecule has 0 bridgehead atoms. The standard InChI is InChI=1S/C16H17NO4/c1-4-11-13(10-7-5-9(2)6-8-10)17-15(19)12(14(11)18)16(20)21-3/h5-8H,4H2,1-3H3,(H2,17,18,19). The lowest BCUT2D eigenvalue weighted by atomic mass is 10.00. The molecule has 0 spiro atoms. The van der Waals surface area contributed by atoms with Gasteiger partial charge in [0.25, 0.3) is 5.56 Å². The van der Waals surface area contributed by atoms with Gasteiger partial charge in [-0.25, -0.2) is 4.79 Å². The first-order valence-corrected chi connectivity index (χ1v) is 6.63. The highest BCUT2D eigenvalue weighted by Crippen LogP contribution is 2.30. The van der Waals surface area contributed by atoms with Crippen molar-refractivity contribution in [1.82, 2.24) is 4.98 Å². The summed E-state index contributed by atoms with van der Waals surface area (Å²) in [5.74, 6) is -1.16. The van der Waals surface area contributed by atoms with Crippen LogP contribution in [0.3, 0.4) is 0 Å². The Kier molecular flexibility index (Phi) is 4.12. The molecule has 0 aliphatic heterocycles. The van der Waals surface area contributed by atoms with Gasteiger partial charge in [0.15, 0.2) is 5.56 Å². The molecule has 1 aromatic carbocycles. The summed E-state index contributed by atoms with van der Waals surface area (Å²) in [4.78, 5) is 26.3. The summed E-state index contributed by atoms with van der Waals surface area (Å²) in [6.45, 7) is 3.80. The number of nitrogens with one attached hydrogen (secondary N) is 1. The largest absolute Gasteiger partial charge is 0.506 e. The Morgan fingerprint density at radius 2 is 1.90 bits per heavy atom. The molecule has 2 aromatic rings. The van der Waals surface area contributed by atoms with Gasteiger partial charge in [-0.15, -0.1) is 0 Å². The highest BCUT2D eigenvalue weighted by atomic mass is 16.5. The second kappa shape index (κ2) is 5.83. The smallest absolute Gasteiger partial charge is 0.347 e. The van der Waals surface area contributed by atoms with Crippen LogP contribution in [0.15, 0.2) is 29.1 Å². The molecule has 21 heavy (non-hydrogen) atoms. The molecule has 0 saturated carbocycles. The average Bonchev–Trinajstić information content (AvgIpc) is 2.47. The number of hydrogen-bond acceptors (Lipinski definition) is 4. The zero-order valence-electron chi connectivity index (χ0n) is 12.2. The van der Waals surface area contributed by atoms with E-state index in [1.807, 2.05) is 38.1 Å².